The Morgan fingerprint density at radius 3 is 2.30 bits per heavy atom. The van der Waals surface area contributed by atoms with Crippen LogP contribution in [0.15, 0.2) is 53.5 Å². The molecule has 43 heavy (non-hydrogen) atoms. The van der Waals surface area contributed by atoms with Gasteiger partial charge < -0.3 is 20.5 Å². The standard InChI is InChI=1S/C32H39ClFN7O2/c1-9-25(42)40-19(6)15-39(16-20(40)7)30-22-14-23(33)28(21-12-10-11-13-24(21)34)37-31(22)41(32(43)38-30)29(26(35)17(2)3)27(36-8)18(4)5/h9-14,17-20,35-36H,1,15-16H2,2-8H3/b29-27+,35-26?/t19-,20+. The quantitative estimate of drug-likeness (QED) is 0.256. The minimum atomic E-state index is -0.629. The van der Waals surface area contributed by atoms with E-state index >= 15 is 4.39 Å². The van der Waals surface area contributed by atoms with Crippen molar-refractivity contribution in [1.82, 2.24) is 24.8 Å². The van der Waals surface area contributed by atoms with Crippen LogP contribution in [0.25, 0.3) is 28.0 Å². The lowest BCUT2D eigenvalue weighted by Crippen LogP contribution is -2.58. The number of halogens is 2. The number of benzene rings is 1. The summed E-state index contributed by atoms with van der Waals surface area (Å²) in [6, 6.07) is 7.44. The molecular weight excluding hydrogens is 569 g/mol. The van der Waals surface area contributed by atoms with E-state index in [1.807, 2.05) is 46.4 Å². The normalized spacial score (nSPS) is 17.8. The molecule has 2 aromatic heterocycles. The lowest BCUT2D eigenvalue weighted by atomic mass is 9.98. The van der Waals surface area contributed by atoms with E-state index in [1.54, 1.807) is 36.2 Å². The maximum atomic E-state index is 15.0. The van der Waals surface area contributed by atoms with Crippen molar-refractivity contribution >= 4 is 45.8 Å². The van der Waals surface area contributed by atoms with Crippen molar-refractivity contribution in [3.8, 4) is 11.3 Å². The third-order valence-electron chi connectivity index (χ3n) is 7.74. The largest absolute Gasteiger partial charge is 0.389 e. The van der Waals surface area contributed by atoms with Crippen molar-refractivity contribution in [2.24, 2.45) is 11.8 Å². The molecule has 0 aliphatic carbocycles. The van der Waals surface area contributed by atoms with Crippen molar-refractivity contribution < 1.29 is 9.18 Å². The van der Waals surface area contributed by atoms with Gasteiger partial charge in [-0.15, -0.1) is 0 Å². The van der Waals surface area contributed by atoms with Crippen LogP contribution in [0.1, 0.15) is 41.5 Å². The van der Waals surface area contributed by atoms with Crippen molar-refractivity contribution in [3.63, 3.8) is 0 Å². The number of allylic oxidation sites excluding steroid dienone is 2. The summed E-state index contributed by atoms with van der Waals surface area (Å²) in [5, 5.41) is 12.9. The maximum absolute atomic E-state index is 15.0. The van der Waals surface area contributed by atoms with E-state index in [0.717, 1.165) is 0 Å². The van der Waals surface area contributed by atoms with Crippen LogP contribution in [0.2, 0.25) is 5.02 Å². The highest BCUT2D eigenvalue weighted by atomic mass is 35.5. The van der Waals surface area contributed by atoms with Crippen LogP contribution < -0.4 is 15.9 Å². The predicted molar refractivity (Wildman–Crippen MR) is 172 cm³/mol. The Bertz CT molecular complexity index is 1670. The molecular formula is C32H39ClFN7O2. The van der Waals surface area contributed by atoms with Gasteiger partial charge in [0, 0.05) is 43.5 Å². The van der Waals surface area contributed by atoms with Crippen LogP contribution >= 0.6 is 11.6 Å². The van der Waals surface area contributed by atoms with Crippen LogP contribution in [0, 0.1) is 23.1 Å². The van der Waals surface area contributed by atoms with Gasteiger partial charge in [0.15, 0.2) is 5.65 Å². The first kappa shape index (κ1) is 31.9. The summed E-state index contributed by atoms with van der Waals surface area (Å²) < 4.78 is 16.4. The first-order valence-corrected chi connectivity index (χ1v) is 14.8. The van der Waals surface area contributed by atoms with Gasteiger partial charge in [-0.05, 0) is 50.0 Å². The predicted octanol–water partition coefficient (Wildman–Crippen LogP) is 5.58. The summed E-state index contributed by atoms with van der Waals surface area (Å²) in [5.74, 6) is -0.608. The minimum absolute atomic E-state index is 0.0729. The molecule has 1 aliphatic heterocycles. The first-order valence-electron chi connectivity index (χ1n) is 14.4. The number of hydrogen-bond donors (Lipinski definition) is 2. The summed E-state index contributed by atoms with van der Waals surface area (Å²) in [4.78, 5) is 39.8. The molecule has 1 amide bonds. The van der Waals surface area contributed by atoms with Gasteiger partial charge in [-0.25, -0.2) is 18.7 Å². The molecule has 0 radical (unpaired) electrons. The molecule has 1 fully saturated rings. The third-order valence-corrected chi connectivity index (χ3v) is 8.02. The van der Waals surface area contributed by atoms with Crippen LogP contribution in [0.4, 0.5) is 10.2 Å². The van der Waals surface area contributed by atoms with Gasteiger partial charge in [0.2, 0.25) is 5.91 Å². The van der Waals surface area contributed by atoms with Gasteiger partial charge in [-0.1, -0.05) is 58.0 Å². The van der Waals surface area contributed by atoms with Gasteiger partial charge in [0.25, 0.3) is 0 Å². The average molecular weight is 608 g/mol. The third kappa shape index (κ3) is 5.93. The van der Waals surface area contributed by atoms with Crippen molar-refractivity contribution in [3.05, 3.63) is 70.0 Å². The second-order valence-corrected chi connectivity index (χ2v) is 11.9. The Labute approximate surface area is 256 Å². The number of pyridine rings is 1. The lowest BCUT2D eigenvalue weighted by molar-refractivity contribution is -0.130. The summed E-state index contributed by atoms with van der Waals surface area (Å²) in [5.41, 5.74) is 1.17. The molecule has 1 saturated heterocycles. The Hall–Kier alpha value is -4.05. The molecule has 1 aromatic carbocycles. The molecule has 9 nitrogen and oxygen atoms in total. The van der Waals surface area contributed by atoms with Crippen molar-refractivity contribution in [2.45, 2.75) is 53.6 Å². The summed E-state index contributed by atoms with van der Waals surface area (Å²) in [7, 11) is 1.75. The van der Waals surface area contributed by atoms with E-state index in [1.165, 1.54) is 16.7 Å². The average Bonchev–Trinajstić information content (AvgIpc) is 2.95. The highest BCUT2D eigenvalue weighted by molar-refractivity contribution is 6.34. The monoisotopic (exact) mass is 607 g/mol. The number of carbonyl (C=O) groups is 1. The lowest BCUT2D eigenvalue weighted by Gasteiger charge is -2.44. The van der Waals surface area contributed by atoms with E-state index in [9.17, 15) is 9.59 Å². The first-order chi connectivity index (χ1) is 20.3. The Kier molecular flexibility index (Phi) is 9.39. The van der Waals surface area contributed by atoms with E-state index in [-0.39, 0.29) is 57.5 Å². The zero-order valence-electron chi connectivity index (χ0n) is 25.7. The molecule has 1 aliphatic rings. The fourth-order valence-corrected chi connectivity index (χ4v) is 6.02. The minimum Gasteiger partial charge on any atom is -0.389 e. The van der Waals surface area contributed by atoms with Crippen molar-refractivity contribution in [2.75, 3.05) is 25.0 Å². The van der Waals surface area contributed by atoms with Crippen LogP contribution in [0.3, 0.4) is 0 Å². The number of hydrogen-bond acceptors (Lipinski definition) is 7. The number of nitrogens with one attached hydrogen (secondary N) is 2. The number of piperazine rings is 1. The molecule has 2 N–H and O–H groups in total. The molecule has 228 valence electrons. The van der Waals surface area contributed by atoms with Gasteiger partial charge in [0.05, 0.1) is 27.5 Å². The number of fused-ring (bicyclic) bond motifs is 1. The van der Waals surface area contributed by atoms with E-state index < -0.39 is 11.5 Å². The molecule has 0 spiro atoms. The smallest absolute Gasteiger partial charge is 0.355 e. The number of aromatic nitrogens is 3. The van der Waals surface area contributed by atoms with E-state index in [0.29, 0.717) is 35.7 Å². The van der Waals surface area contributed by atoms with Crippen LogP contribution in [0.5, 0.6) is 0 Å². The van der Waals surface area contributed by atoms with Gasteiger partial charge in [0.1, 0.15) is 11.6 Å². The number of carbonyl (C=O) groups excluding carboxylic acids is 1. The number of anilines is 1. The highest BCUT2D eigenvalue weighted by Gasteiger charge is 2.34. The van der Waals surface area contributed by atoms with Crippen molar-refractivity contribution in [1.29, 1.82) is 5.41 Å². The molecule has 0 bridgehead atoms. The molecule has 0 saturated carbocycles. The fraction of sp³-hybridized carbons (Fsp3) is 0.406. The number of amides is 1. The van der Waals surface area contributed by atoms with Gasteiger partial charge >= 0.3 is 5.69 Å². The molecule has 3 aromatic rings. The van der Waals surface area contributed by atoms with E-state index in [4.69, 9.17) is 22.0 Å². The van der Waals surface area contributed by atoms with Gasteiger partial charge in [-0.3, -0.25) is 4.79 Å². The zero-order chi connectivity index (χ0) is 31.7. The Balaban J connectivity index is 2.10. The number of rotatable bonds is 8. The second-order valence-electron chi connectivity index (χ2n) is 11.5. The molecule has 4 rings (SSSR count). The topological polar surface area (TPSA) is 107 Å². The number of nitrogens with zero attached hydrogens (tertiary/aromatic N) is 5. The molecule has 3 heterocycles. The SMILES string of the molecule is C=CC(=O)N1[C@H](C)CN(c2nc(=O)n(/C(C(=N)C(C)C)=C(/NC)C(C)C)c3nc(-c4ccccc4F)c(Cl)cc23)C[C@@H]1C. The van der Waals surface area contributed by atoms with Gasteiger partial charge in [-0.2, -0.15) is 4.98 Å². The second kappa shape index (κ2) is 12.7. The zero-order valence-corrected chi connectivity index (χ0v) is 26.5. The fourth-order valence-electron chi connectivity index (χ4n) is 5.77. The Morgan fingerprint density at radius 2 is 1.77 bits per heavy atom. The summed E-state index contributed by atoms with van der Waals surface area (Å²) >= 11 is 6.79. The van der Waals surface area contributed by atoms with Crippen LogP contribution in [-0.4, -0.2) is 63.3 Å². The maximum Gasteiger partial charge on any atom is 0.355 e. The highest BCUT2D eigenvalue weighted by Crippen LogP contribution is 2.36. The molecule has 2 atom stereocenters. The van der Waals surface area contributed by atoms with E-state index in [2.05, 4.69) is 16.9 Å². The Morgan fingerprint density at radius 1 is 1.14 bits per heavy atom. The molecule has 11 heteroatoms. The summed E-state index contributed by atoms with van der Waals surface area (Å²) in [6.45, 7) is 16.0. The summed E-state index contributed by atoms with van der Waals surface area (Å²) in [6.07, 6.45) is 1.30. The van der Waals surface area contributed by atoms with Crippen LogP contribution in [-0.2, 0) is 4.79 Å². The molecule has 0 unspecified atom stereocenters.